The van der Waals surface area contributed by atoms with Gasteiger partial charge in [0.15, 0.2) is 0 Å². The maximum absolute atomic E-state index is 13.5. The lowest BCUT2D eigenvalue weighted by Gasteiger charge is -2.55. The predicted molar refractivity (Wildman–Crippen MR) is 114 cm³/mol. The molecule has 4 fully saturated rings. The minimum Gasteiger partial charge on any atom is -0.310 e. The minimum absolute atomic E-state index is 0.122. The van der Waals surface area contributed by atoms with Gasteiger partial charge in [-0.1, -0.05) is 26.7 Å². The molecule has 0 spiro atoms. The molecule has 5 aliphatic rings. The van der Waals surface area contributed by atoms with Crippen molar-refractivity contribution < 1.29 is 4.79 Å². The van der Waals surface area contributed by atoms with Gasteiger partial charge in [-0.15, -0.1) is 0 Å². The fourth-order valence-electron chi connectivity index (χ4n) is 7.21. The Hall–Kier alpha value is -1.49. The molecule has 1 aliphatic heterocycles. The molecule has 1 amide bonds. The summed E-state index contributed by atoms with van der Waals surface area (Å²) in [6.07, 6.45) is 12.4. The van der Waals surface area contributed by atoms with E-state index >= 15 is 0 Å². The number of hydrogen-bond donors (Lipinski definition) is 1. The van der Waals surface area contributed by atoms with Crippen LogP contribution >= 0.6 is 0 Å². The molecule has 29 heavy (non-hydrogen) atoms. The first-order chi connectivity index (χ1) is 14.1. The molecule has 2 heterocycles. The zero-order valence-corrected chi connectivity index (χ0v) is 18.1. The van der Waals surface area contributed by atoms with Crippen LogP contribution in [0.15, 0.2) is 6.33 Å². The lowest BCUT2D eigenvalue weighted by molar-refractivity contribution is -0.140. The highest BCUT2D eigenvalue weighted by Crippen LogP contribution is 2.60. The summed E-state index contributed by atoms with van der Waals surface area (Å²) in [7, 11) is 0. The Balaban J connectivity index is 1.30. The molecule has 6 rings (SSSR count). The molecular weight excluding hydrogens is 360 g/mol. The number of amides is 1. The molecule has 1 aromatic heterocycles. The molecule has 0 atom stereocenters. The fourth-order valence-corrected chi connectivity index (χ4v) is 7.21. The third-order valence-corrected chi connectivity index (χ3v) is 8.51. The third kappa shape index (κ3) is 3.60. The van der Waals surface area contributed by atoms with Crippen LogP contribution in [-0.4, -0.2) is 33.9 Å². The second kappa shape index (κ2) is 7.64. The van der Waals surface area contributed by atoms with Gasteiger partial charge in [-0.05, 0) is 68.6 Å². The second-order valence-corrected chi connectivity index (χ2v) is 10.5. The topological polar surface area (TPSA) is 58.1 Å². The SMILES string of the molecule is CCC(CC)CN1CCc2c(ncnc2NC(=O)C23CC4CC(CC(C4)C2)C3)C1. The Kier molecular flexibility index (Phi) is 5.13. The van der Waals surface area contributed by atoms with Gasteiger partial charge < -0.3 is 5.32 Å². The standard InChI is InChI=1S/C24H36N4O/c1-3-16(4-2)13-28-6-5-20-21(14-28)25-15-26-22(20)27-23(29)24-10-17-7-18(11-24)9-19(8-17)12-24/h15-19H,3-14H2,1-2H3,(H,25,26,27,29). The van der Waals surface area contributed by atoms with Crippen molar-refractivity contribution >= 4 is 11.7 Å². The predicted octanol–water partition coefficient (Wildman–Crippen LogP) is 4.43. The minimum atomic E-state index is -0.122. The van der Waals surface area contributed by atoms with Crippen LogP contribution in [0.25, 0.3) is 0 Å². The maximum atomic E-state index is 13.5. The summed E-state index contributed by atoms with van der Waals surface area (Å²) in [4.78, 5) is 25.1. The Bertz CT molecular complexity index is 737. The van der Waals surface area contributed by atoms with Crippen LogP contribution in [0.1, 0.15) is 76.5 Å². The molecular formula is C24H36N4O. The quantitative estimate of drug-likeness (QED) is 0.773. The van der Waals surface area contributed by atoms with Gasteiger partial charge in [0, 0.05) is 25.2 Å². The number of carbonyl (C=O) groups is 1. The first kappa shape index (κ1) is 19.5. The molecule has 4 aliphatic carbocycles. The van der Waals surface area contributed by atoms with E-state index < -0.39 is 0 Å². The van der Waals surface area contributed by atoms with Crippen molar-refractivity contribution in [2.45, 2.75) is 78.2 Å². The van der Waals surface area contributed by atoms with Gasteiger partial charge in [-0.2, -0.15) is 0 Å². The summed E-state index contributed by atoms with van der Waals surface area (Å²) < 4.78 is 0. The van der Waals surface area contributed by atoms with E-state index in [-0.39, 0.29) is 11.3 Å². The van der Waals surface area contributed by atoms with Crippen LogP contribution in [-0.2, 0) is 17.8 Å². The average molecular weight is 397 g/mol. The summed E-state index contributed by atoms with van der Waals surface area (Å²) in [5.74, 6) is 4.14. The van der Waals surface area contributed by atoms with Gasteiger partial charge in [-0.25, -0.2) is 9.97 Å². The molecule has 0 saturated heterocycles. The number of carbonyl (C=O) groups excluding carboxylic acids is 1. The number of nitrogens with zero attached hydrogens (tertiary/aromatic N) is 3. The van der Waals surface area contributed by atoms with Crippen molar-refractivity contribution in [3.05, 3.63) is 17.6 Å². The number of anilines is 1. The van der Waals surface area contributed by atoms with Crippen LogP contribution in [0, 0.1) is 29.1 Å². The van der Waals surface area contributed by atoms with Gasteiger partial charge in [-0.3, -0.25) is 9.69 Å². The van der Waals surface area contributed by atoms with E-state index in [9.17, 15) is 4.79 Å². The molecule has 0 aromatic carbocycles. The molecule has 5 nitrogen and oxygen atoms in total. The van der Waals surface area contributed by atoms with Crippen molar-refractivity contribution in [3.63, 3.8) is 0 Å². The first-order valence-corrected chi connectivity index (χ1v) is 11.9. The zero-order valence-electron chi connectivity index (χ0n) is 18.1. The van der Waals surface area contributed by atoms with E-state index in [2.05, 4.69) is 34.0 Å². The molecule has 4 saturated carbocycles. The van der Waals surface area contributed by atoms with Crippen LogP contribution < -0.4 is 5.32 Å². The number of hydrogen-bond acceptors (Lipinski definition) is 4. The van der Waals surface area contributed by atoms with Gasteiger partial charge in [0.1, 0.15) is 12.1 Å². The average Bonchev–Trinajstić information content (AvgIpc) is 2.71. The number of nitrogens with one attached hydrogen (secondary N) is 1. The van der Waals surface area contributed by atoms with Crippen LogP contribution in [0.2, 0.25) is 0 Å². The van der Waals surface area contributed by atoms with Gasteiger partial charge in [0.25, 0.3) is 0 Å². The molecule has 1 N–H and O–H groups in total. The van der Waals surface area contributed by atoms with Gasteiger partial charge in [0.05, 0.1) is 11.1 Å². The van der Waals surface area contributed by atoms with E-state index in [1.54, 1.807) is 6.33 Å². The number of aromatic nitrogens is 2. The highest BCUT2D eigenvalue weighted by atomic mass is 16.2. The summed E-state index contributed by atoms with van der Waals surface area (Å²) in [5.41, 5.74) is 2.16. The van der Waals surface area contributed by atoms with Crippen LogP contribution in [0.3, 0.4) is 0 Å². The van der Waals surface area contributed by atoms with E-state index in [0.717, 1.165) is 80.5 Å². The Morgan fingerprint density at radius 1 is 1.14 bits per heavy atom. The third-order valence-electron chi connectivity index (χ3n) is 8.51. The normalized spacial score (nSPS) is 33.1. The Morgan fingerprint density at radius 3 is 2.41 bits per heavy atom. The molecule has 0 radical (unpaired) electrons. The lowest BCUT2D eigenvalue weighted by atomic mass is 9.49. The summed E-state index contributed by atoms with van der Waals surface area (Å²) in [6, 6.07) is 0. The Morgan fingerprint density at radius 2 is 1.79 bits per heavy atom. The summed E-state index contributed by atoms with van der Waals surface area (Å²) >= 11 is 0. The van der Waals surface area contributed by atoms with E-state index in [1.807, 2.05) is 0 Å². The summed E-state index contributed by atoms with van der Waals surface area (Å²) in [6.45, 7) is 7.63. The summed E-state index contributed by atoms with van der Waals surface area (Å²) in [5, 5.41) is 3.30. The highest BCUT2D eigenvalue weighted by Gasteiger charge is 2.54. The Labute approximate surface area is 175 Å². The number of fused-ring (bicyclic) bond motifs is 1. The lowest BCUT2D eigenvalue weighted by Crippen LogP contribution is -2.52. The van der Waals surface area contributed by atoms with Crippen molar-refractivity contribution in [1.82, 2.24) is 14.9 Å². The van der Waals surface area contributed by atoms with Crippen molar-refractivity contribution in [3.8, 4) is 0 Å². The first-order valence-electron chi connectivity index (χ1n) is 11.9. The largest absolute Gasteiger partial charge is 0.310 e. The molecule has 0 unspecified atom stereocenters. The maximum Gasteiger partial charge on any atom is 0.231 e. The highest BCUT2D eigenvalue weighted by molar-refractivity contribution is 5.95. The van der Waals surface area contributed by atoms with Crippen LogP contribution in [0.5, 0.6) is 0 Å². The zero-order chi connectivity index (χ0) is 20.0. The number of rotatable bonds is 6. The van der Waals surface area contributed by atoms with E-state index in [4.69, 9.17) is 0 Å². The molecule has 158 valence electrons. The monoisotopic (exact) mass is 396 g/mol. The second-order valence-electron chi connectivity index (χ2n) is 10.5. The van der Waals surface area contributed by atoms with Gasteiger partial charge in [0.2, 0.25) is 5.91 Å². The van der Waals surface area contributed by atoms with Crippen molar-refractivity contribution in [2.75, 3.05) is 18.4 Å². The van der Waals surface area contributed by atoms with E-state index in [0.29, 0.717) is 0 Å². The molecule has 1 aromatic rings. The van der Waals surface area contributed by atoms with Crippen LogP contribution in [0.4, 0.5) is 5.82 Å². The molecule has 4 bridgehead atoms. The van der Waals surface area contributed by atoms with Crippen molar-refractivity contribution in [2.24, 2.45) is 29.1 Å². The van der Waals surface area contributed by atoms with Gasteiger partial charge >= 0.3 is 0 Å². The van der Waals surface area contributed by atoms with Crippen molar-refractivity contribution in [1.29, 1.82) is 0 Å². The molecule has 5 heteroatoms. The smallest absolute Gasteiger partial charge is 0.231 e. The fraction of sp³-hybridized carbons (Fsp3) is 0.792. The van der Waals surface area contributed by atoms with E-state index in [1.165, 1.54) is 37.7 Å².